The van der Waals surface area contributed by atoms with Gasteiger partial charge < -0.3 is 21.1 Å². The van der Waals surface area contributed by atoms with Crippen LogP contribution in [-0.2, 0) is 27.3 Å². The molecule has 2 aliphatic heterocycles. The lowest BCUT2D eigenvalue weighted by Gasteiger charge is -2.31. The Labute approximate surface area is 237 Å². The van der Waals surface area contributed by atoms with Crippen LogP contribution in [0.4, 0.5) is 0 Å². The summed E-state index contributed by atoms with van der Waals surface area (Å²) in [6.45, 7) is 0.924. The molecule has 4 N–H and O–H groups in total. The van der Waals surface area contributed by atoms with Gasteiger partial charge >= 0.3 is 0 Å². The van der Waals surface area contributed by atoms with Gasteiger partial charge in [0.15, 0.2) is 0 Å². The van der Waals surface area contributed by atoms with Crippen LogP contribution >= 0.6 is 23.2 Å². The fourth-order valence-electron chi connectivity index (χ4n) is 5.17. The highest BCUT2D eigenvalue weighted by Gasteiger charge is 2.45. The van der Waals surface area contributed by atoms with Crippen molar-refractivity contribution in [3.63, 3.8) is 0 Å². The number of aryl methyl sites for hydroxylation is 1. The first-order chi connectivity index (χ1) is 18.8. The SMILES string of the molecule is N#CC[C@H](C(=O)NCc1ccc(Cl)c(Cl)n1)N1CCC(CCc2ccccc2)N2C[C@H](N)C[C@H]2C1=O.O=CO. The van der Waals surface area contributed by atoms with Crippen molar-refractivity contribution >= 4 is 41.5 Å². The van der Waals surface area contributed by atoms with Gasteiger partial charge in [-0.1, -0.05) is 53.5 Å². The lowest BCUT2D eigenvalue weighted by molar-refractivity contribution is -0.142. The molecule has 1 aromatic heterocycles. The van der Waals surface area contributed by atoms with Crippen LogP contribution in [0, 0.1) is 11.3 Å². The first-order valence-corrected chi connectivity index (χ1v) is 13.4. The molecule has 0 saturated carbocycles. The Balaban J connectivity index is 0.00000134. The first kappa shape index (κ1) is 30.3. The number of nitriles is 1. The summed E-state index contributed by atoms with van der Waals surface area (Å²) < 4.78 is 0. The second-order valence-corrected chi connectivity index (χ2v) is 10.2. The van der Waals surface area contributed by atoms with Gasteiger partial charge in [0, 0.05) is 25.2 Å². The minimum atomic E-state index is -0.892. The predicted molar refractivity (Wildman–Crippen MR) is 147 cm³/mol. The van der Waals surface area contributed by atoms with Gasteiger partial charge in [-0.3, -0.25) is 19.3 Å². The number of carboxylic acid groups (broad SMARTS) is 1. The topological polar surface area (TPSA) is 153 Å². The number of benzene rings is 1. The van der Waals surface area contributed by atoms with Crippen molar-refractivity contribution < 1.29 is 19.5 Å². The number of carbonyl (C=O) groups is 3. The number of carbonyl (C=O) groups excluding carboxylic acids is 2. The number of nitrogens with one attached hydrogen (secondary N) is 1. The van der Waals surface area contributed by atoms with E-state index in [1.54, 1.807) is 17.0 Å². The van der Waals surface area contributed by atoms with Crippen LogP contribution < -0.4 is 11.1 Å². The van der Waals surface area contributed by atoms with Gasteiger partial charge in [0.2, 0.25) is 11.8 Å². The first-order valence-electron chi connectivity index (χ1n) is 12.7. The van der Waals surface area contributed by atoms with Crippen molar-refractivity contribution in [2.75, 3.05) is 13.1 Å². The van der Waals surface area contributed by atoms with Crippen molar-refractivity contribution in [3.8, 4) is 6.07 Å². The molecule has 4 rings (SSSR count). The molecule has 2 aromatic rings. The highest BCUT2D eigenvalue weighted by Crippen LogP contribution is 2.30. The largest absolute Gasteiger partial charge is 0.483 e. The maximum Gasteiger partial charge on any atom is 0.290 e. The van der Waals surface area contributed by atoms with Gasteiger partial charge in [0.25, 0.3) is 6.47 Å². The summed E-state index contributed by atoms with van der Waals surface area (Å²) in [5, 5.41) is 19.6. The van der Waals surface area contributed by atoms with Crippen LogP contribution in [0.15, 0.2) is 42.5 Å². The number of hydrogen-bond acceptors (Lipinski definition) is 7. The molecule has 1 aromatic carbocycles. The van der Waals surface area contributed by atoms with Crippen molar-refractivity contribution in [1.82, 2.24) is 20.1 Å². The van der Waals surface area contributed by atoms with E-state index >= 15 is 0 Å². The number of rotatable bonds is 8. The van der Waals surface area contributed by atoms with Gasteiger partial charge in [-0.2, -0.15) is 5.26 Å². The number of amides is 2. The highest BCUT2D eigenvalue weighted by molar-refractivity contribution is 6.41. The summed E-state index contributed by atoms with van der Waals surface area (Å²) in [6, 6.07) is 14.4. The molecule has 3 heterocycles. The summed E-state index contributed by atoms with van der Waals surface area (Å²) >= 11 is 11.9. The quantitative estimate of drug-likeness (QED) is 0.321. The minimum absolute atomic E-state index is 0.0953. The van der Waals surface area contributed by atoms with E-state index in [-0.39, 0.29) is 48.6 Å². The number of fused-ring (bicyclic) bond motifs is 1. The Morgan fingerprint density at radius 1 is 1.28 bits per heavy atom. The standard InChI is InChI=1S/C26H30Cl2N6O2.CH2O2/c27-21-9-7-19(32-24(21)28)15-31-25(35)22(10-12-29)33-13-11-20(8-6-17-4-2-1-3-5-17)34-16-18(30)14-23(34)26(33)36;2-1-3/h1-5,7,9,18,20,22-23H,6,8,10-11,13-16,30H2,(H,31,35);1H,(H,2,3)/t18-,20?,22-,23+;/m1./s1. The Kier molecular flexibility index (Phi) is 11.5. The average Bonchev–Trinajstić information content (AvgIpc) is 3.27. The molecule has 39 heavy (non-hydrogen) atoms. The Hall–Kier alpha value is -3.23. The fraction of sp³-hybridized carbons (Fsp3) is 0.444. The van der Waals surface area contributed by atoms with Gasteiger partial charge in [0.1, 0.15) is 11.2 Å². The van der Waals surface area contributed by atoms with Gasteiger partial charge in [-0.25, -0.2) is 4.98 Å². The highest BCUT2D eigenvalue weighted by atomic mass is 35.5. The monoisotopic (exact) mass is 574 g/mol. The van der Waals surface area contributed by atoms with Crippen LogP contribution in [0.2, 0.25) is 10.2 Å². The van der Waals surface area contributed by atoms with E-state index < -0.39 is 11.9 Å². The summed E-state index contributed by atoms with van der Waals surface area (Å²) in [7, 11) is 0. The lowest BCUT2D eigenvalue weighted by atomic mass is 10.0. The van der Waals surface area contributed by atoms with Crippen LogP contribution in [0.3, 0.4) is 0 Å². The van der Waals surface area contributed by atoms with Gasteiger partial charge in [-0.15, -0.1) is 0 Å². The van der Waals surface area contributed by atoms with Crippen LogP contribution in [0.25, 0.3) is 0 Å². The number of pyridine rings is 1. The van der Waals surface area contributed by atoms with Crippen LogP contribution in [0.5, 0.6) is 0 Å². The molecule has 2 fully saturated rings. The van der Waals surface area contributed by atoms with E-state index in [2.05, 4.69) is 33.4 Å². The van der Waals surface area contributed by atoms with Crippen molar-refractivity contribution in [2.45, 2.75) is 62.8 Å². The molecule has 12 heteroatoms. The summed E-state index contributed by atoms with van der Waals surface area (Å²) in [6.07, 6.45) is 2.96. The van der Waals surface area contributed by atoms with Crippen molar-refractivity contribution in [3.05, 3.63) is 63.9 Å². The number of aromatic nitrogens is 1. The molecule has 0 spiro atoms. The van der Waals surface area contributed by atoms with E-state index in [0.29, 0.717) is 36.6 Å². The normalized spacial score (nSPS) is 21.5. The molecular weight excluding hydrogens is 543 g/mol. The van der Waals surface area contributed by atoms with Crippen LogP contribution in [-0.4, -0.2) is 75.4 Å². The van der Waals surface area contributed by atoms with Crippen molar-refractivity contribution in [2.24, 2.45) is 5.73 Å². The third-order valence-corrected chi connectivity index (χ3v) is 7.68. The zero-order valence-corrected chi connectivity index (χ0v) is 22.9. The number of nitrogens with zero attached hydrogens (tertiary/aromatic N) is 4. The Morgan fingerprint density at radius 2 is 2.00 bits per heavy atom. The molecule has 10 nitrogen and oxygen atoms in total. The second-order valence-electron chi connectivity index (χ2n) is 9.48. The molecule has 1 unspecified atom stereocenters. The smallest absolute Gasteiger partial charge is 0.290 e. The number of hydrogen-bond donors (Lipinski definition) is 3. The van der Waals surface area contributed by atoms with Gasteiger partial charge in [0.05, 0.1) is 35.8 Å². The molecule has 2 aliphatic rings. The second kappa shape index (κ2) is 14.8. The molecule has 2 saturated heterocycles. The maximum absolute atomic E-state index is 13.7. The molecule has 2 amide bonds. The average molecular weight is 575 g/mol. The van der Waals surface area contributed by atoms with E-state index in [1.165, 1.54) is 5.56 Å². The number of nitrogens with two attached hydrogens (primary N) is 1. The summed E-state index contributed by atoms with van der Waals surface area (Å²) in [5.41, 5.74) is 8.07. The molecule has 0 bridgehead atoms. The van der Waals surface area contributed by atoms with E-state index in [1.807, 2.05) is 18.2 Å². The Morgan fingerprint density at radius 3 is 2.67 bits per heavy atom. The van der Waals surface area contributed by atoms with E-state index in [4.69, 9.17) is 38.8 Å². The van der Waals surface area contributed by atoms with Crippen molar-refractivity contribution in [1.29, 1.82) is 5.26 Å². The Bertz CT molecular complexity index is 1180. The minimum Gasteiger partial charge on any atom is -0.483 e. The molecule has 0 radical (unpaired) electrons. The summed E-state index contributed by atoms with van der Waals surface area (Å²) in [4.78, 5) is 43.2. The fourth-order valence-corrected chi connectivity index (χ4v) is 5.45. The van der Waals surface area contributed by atoms with E-state index in [9.17, 15) is 14.9 Å². The maximum atomic E-state index is 13.7. The van der Waals surface area contributed by atoms with Crippen LogP contribution in [0.1, 0.15) is 36.9 Å². The molecule has 4 atom stereocenters. The zero-order chi connectivity index (χ0) is 28.4. The third kappa shape index (κ3) is 8.13. The molecular formula is C27H32Cl2N6O4. The van der Waals surface area contributed by atoms with E-state index in [0.717, 1.165) is 12.8 Å². The predicted octanol–water partition coefficient (Wildman–Crippen LogP) is 2.62. The third-order valence-electron chi connectivity index (χ3n) is 6.99. The zero-order valence-electron chi connectivity index (χ0n) is 21.4. The molecule has 208 valence electrons. The summed E-state index contributed by atoms with van der Waals surface area (Å²) in [5.74, 6) is -0.525. The number of halogens is 2. The lowest BCUT2D eigenvalue weighted by Crippen LogP contribution is -2.53. The van der Waals surface area contributed by atoms with Gasteiger partial charge in [-0.05, 0) is 43.4 Å². The molecule has 0 aliphatic carbocycles.